The third kappa shape index (κ3) is 9.02. The Morgan fingerprint density at radius 3 is 2.36 bits per heavy atom. The van der Waals surface area contributed by atoms with E-state index in [1.54, 1.807) is 35.8 Å². The summed E-state index contributed by atoms with van der Waals surface area (Å²) in [5, 5.41) is 11.8. The number of halogens is 2. The molecular weight excluding hydrogens is 757 g/mol. The van der Waals surface area contributed by atoms with Crippen molar-refractivity contribution in [3.63, 3.8) is 0 Å². The molecule has 6 rings (SSSR count). The highest BCUT2D eigenvalue weighted by Gasteiger charge is 2.29. The molecule has 2 aromatic carbocycles. The molecule has 56 heavy (non-hydrogen) atoms. The Balaban J connectivity index is 1.29. The number of aromatic nitrogens is 4. The largest absolute Gasteiger partial charge is 0.481 e. The minimum atomic E-state index is -0.706. The lowest BCUT2D eigenvalue weighted by Crippen LogP contribution is -2.43. The molecule has 2 amide bonds. The summed E-state index contributed by atoms with van der Waals surface area (Å²) in [5.74, 6) is 0.857. The molecule has 1 fully saturated rings. The number of pyridine rings is 1. The molecule has 0 saturated carbocycles. The van der Waals surface area contributed by atoms with Crippen molar-refractivity contribution in [1.82, 2.24) is 34.7 Å². The van der Waals surface area contributed by atoms with E-state index in [9.17, 15) is 14.4 Å². The van der Waals surface area contributed by atoms with Gasteiger partial charge in [-0.15, -0.1) is 0 Å². The molecule has 1 aliphatic heterocycles. The SMILES string of the molecule is COc1nc(-c2cccc(-c3cccc(-c4cc5c(=O)n(C)c(CNCC(C)OC)nn5c4)c3Cl)c2Cl)ccc1CN(C[C@@H]1CCC(=O)N1)C(=O)OC(C)(C)C. The van der Waals surface area contributed by atoms with E-state index in [1.165, 1.54) is 11.7 Å². The number of benzene rings is 2. The van der Waals surface area contributed by atoms with Crippen LogP contribution in [-0.4, -0.2) is 81.1 Å². The van der Waals surface area contributed by atoms with Gasteiger partial charge in [0.15, 0.2) is 0 Å². The number of hydrogen-bond donors (Lipinski definition) is 2. The van der Waals surface area contributed by atoms with E-state index in [0.717, 1.165) is 5.56 Å². The van der Waals surface area contributed by atoms with E-state index in [4.69, 9.17) is 47.5 Å². The summed E-state index contributed by atoms with van der Waals surface area (Å²) in [5.41, 5.74) is 4.21. The van der Waals surface area contributed by atoms with Crippen LogP contribution in [-0.2, 0) is 34.4 Å². The van der Waals surface area contributed by atoms with Crippen molar-refractivity contribution in [2.24, 2.45) is 7.05 Å². The fourth-order valence-electron chi connectivity index (χ4n) is 6.58. The first-order valence-electron chi connectivity index (χ1n) is 18.4. The zero-order chi connectivity index (χ0) is 40.3. The van der Waals surface area contributed by atoms with Gasteiger partial charge < -0.3 is 29.7 Å². The van der Waals surface area contributed by atoms with Gasteiger partial charge in [0.25, 0.3) is 5.56 Å². The predicted octanol–water partition coefficient (Wildman–Crippen LogP) is 6.88. The van der Waals surface area contributed by atoms with Gasteiger partial charge in [0.1, 0.15) is 16.9 Å². The lowest BCUT2D eigenvalue weighted by molar-refractivity contribution is -0.119. The number of hydrogen-bond acceptors (Lipinski definition) is 9. The van der Waals surface area contributed by atoms with Crippen molar-refractivity contribution in [2.45, 2.75) is 71.4 Å². The Bertz CT molecular complexity index is 2320. The third-order valence-electron chi connectivity index (χ3n) is 9.60. The van der Waals surface area contributed by atoms with Crippen molar-refractivity contribution in [3.8, 4) is 39.4 Å². The van der Waals surface area contributed by atoms with Gasteiger partial charge in [-0.05, 0) is 52.3 Å². The molecule has 0 bridgehead atoms. The smallest absolute Gasteiger partial charge is 0.410 e. The number of amides is 2. The molecule has 296 valence electrons. The average molecular weight is 805 g/mol. The first kappa shape index (κ1) is 40.7. The van der Waals surface area contributed by atoms with Crippen LogP contribution in [0.4, 0.5) is 4.79 Å². The van der Waals surface area contributed by atoms with Crippen molar-refractivity contribution < 1.29 is 23.8 Å². The van der Waals surface area contributed by atoms with Crippen LogP contribution >= 0.6 is 23.2 Å². The molecule has 0 aliphatic carbocycles. The number of rotatable bonds is 13. The van der Waals surface area contributed by atoms with E-state index in [2.05, 4.69) is 10.6 Å². The zero-order valence-electron chi connectivity index (χ0n) is 32.6. The molecule has 0 spiro atoms. The van der Waals surface area contributed by atoms with E-state index in [1.807, 2.05) is 76.2 Å². The van der Waals surface area contributed by atoms with Crippen LogP contribution in [0.15, 0.2) is 65.6 Å². The number of nitrogens with zero attached hydrogens (tertiary/aromatic N) is 5. The Hall–Kier alpha value is -4.95. The molecule has 2 atom stereocenters. The molecule has 5 aromatic rings. The summed E-state index contributed by atoms with van der Waals surface area (Å²) in [4.78, 5) is 45.0. The summed E-state index contributed by atoms with van der Waals surface area (Å²) < 4.78 is 19.9. The van der Waals surface area contributed by atoms with Crippen LogP contribution in [0.25, 0.3) is 39.0 Å². The van der Waals surface area contributed by atoms with Crippen LogP contribution in [0, 0.1) is 0 Å². The van der Waals surface area contributed by atoms with E-state index < -0.39 is 11.7 Å². The van der Waals surface area contributed by atoms with E-state index >= 15 is 0 Å². The normalized spacial score (nSPS) is 14.9. The lowest BCUT2D eigenvalue weighted by Gasteiger charge is -2.29. The van der Waals surface area contributed by atoms with Crippen LogP contribution in [0.3, 0.4) is 0 Å². The third-order valence-corrected chi connectivity index (χ3v) is 10.4. The molecular formula is C41H47Cl2N7O6. The van der Waals surface area contributed by atoms with Crippen LogP contribution < -0.4 is 20.9 Å². The molecule has 1 aliphatic rings. The minimum Gasteiger partial charge on any atom is -0.481 e. The molecule has 0 radical (unpaired) electrons. The summed E-state index contributed by atoms with van der Waals surface area (Å²) >= 11 is 14.3. The van der Waals surface area contributed by atoms with E-state index in [0.29, 0.717) is 86.7 Å². The van der Waals surface area contributed by atoms with Gasteiger partial charge in [-0.25, -0.2) is 14.3 Å². The van der Waals surface area contributed by atoms with Crippen LogP contribution in [0.2, 0.25) is 10.0 Å². The quantitative estimate of drug-likeness (QED) is 0.130. The Morgan fingerprint density at radius 1 is 1.04 bits per heavy atom. The number of fused-ring (bicyclic) bond motifs is 1. The second-order valence-electron chi connectivity index (χ2n) is 14.9. The maximum absolute atomic E-state index is 13.4. The first-order chi connectivity index (χ1) is 26.7. The summed E-state index contributed by atoms with van der Waals surface area (Å²) in [6, 6.07) is 16.6. The van der Waals surface area contributed by atoms with Gasteiger partial charge >= 0.3 is 6.09 Å². The maximum Gasteiger partial charge on any atom is 0.410 e. The second-order valence-corrected chi connectivity index (χ2v) is 15.6. The molecule has 2 N–H and O–H groups in total. The number of nitrogens with one attached hydrogen (secondary N) is 2. The van der Waals surface area contributed by atoms with Gasteiger partial charge in [-0.2, -0.15) is 5.10 Å². The molecule has 3 aromatic heterocycles. The number of carbonyl (C=O) groups excluding carboxylic acids is 2. The Labute approximate surface area is 335 Å². The zero-order valence-corrected chi connectivity index (χ0v) is 34.1. The second kappa shape index (κ2) is 17.0. The topological polar surface area (TPSA) is 141 Å². The Kier molecular flexibility index (Phi) is 12.4. The fraction of sp³-hybridized carbons (Fsp3) is 0.390. The molecule has 4 heterocycles. The van der Waals surface area contributed by atoms with Crippen LogP contribution in [0.1, 0.15) is 51.9 Å². The Morgan fingerprint density at radius 2 is 1.71 bits per heavy atom. The summed E-state index contributed by atoms with van der Waals surface area (Å²) in [7, 11) is 4.88. The van der Waals surface area contributed by atoms with Gasteiger partial charge in [-0.3, -0.25) is 14.2 Å². The van der Waals surface area contributed by atoms with Gasteiger partial charge in [0.05, 0.1) is 42.0 Å². The van der Waals surface area contributed by atoms with Crippen molar-refractivity contribution in [3.05, 3.63) is 92.6 Å². The maximum atomic E-state index is 13.4. The highest BCUT2D eigenvalue weighted by Crippen LogP contribution is 2.42. The molecule has 1 unspecified atom stereocenters. The monoisotopic (exact) mass is 803 g/mol. The van der Waals surface area contributed by atoms with Crippen molar-refractivity contribution in [2.75, 3.05) is 27.3 Å². The molecule has 1 saturated heterocycles. The van der Waals surface area contributed by atoms with Crippen molar-refractivity contribution in [1.29, 1.82) is 0 Å². The predicted molar refractivity (Wildman–Crippen MR) is 217 cm³/mol. The highest BCUT2D eigenvalue weighted by atomic mass is 35.5. The van der Waals surface area contributed by atoms with Gasteiger partial charge in [-0.1, -0.05) is 59.6 Å². The van der Waals surface area contributed by atoms with Crippen molar-refractivity contribution >= 4 is 40.7 Å². The van der Waals surface area contributed by atoms with Gasteiger partial charge in [0.2, 0.25) is 11.8 Å². The number of methoxy groups -OCH3 is 2. The minimum absolute atomic E-state index is 0.0189. The molecule has 13 nitrogen and oxygen atoms in total. The summed E-state index contributed by atoms with van der Waals surface area (Å²) in [6.45, 7) is 8.81. The average Bonchev–Trinajstić information content (AvgIpc) is 3.78. The standard InChI is InChI=1S/C41H47Cl2N7O6/c1-24(54-6)19-44-20-34-47-50-22-26(18-33(50)39(52)48(34)5)28-10-8-11-29(36(28)42)30-12-9-13-31(37(30)43)32-16-14-25(38(46-32)55-7)21-49(40(53)56-41(2,3)4)23-27-15-17-35(51)45-27/h8-14,16,18,22,24,27,44H,15,17,19-21,23H2,1-7H3,(H,45,51)/t24?,27-/m0/s1. The lowest BCUT2D eigenvalue weighted by atomic mass is 9.97. The van der Waals surface area contributed by atoms with Crippen LogP contribution in [0.5, 0.6) is 5.88 Å². The highest BCUT2D eigenvalue weighted by molar-refractivity contribution is 6.39. The van der Waals surface area contributed by atoms with E-state index in [-0.39, 0.29) is 36.7 Å². The fourth-order valence-corrected chi connectivity index (χ4v) is 7.24. The number of carbonyl (C=O) groups is 2. The first-order valence-corrected chi connectivity index (χ1v) is 19.1. The number of ether oxygens (including phenoxy) is 3. The molecule has 15 heteroatoms. The van der Waals surface area contributed by atoms with Gasteiger partial charge in [0, 0.05) is 79.3 Å². The summed E-state index contributed by atoms with van der Waals surface area (Å²) in [6.07, 6.45) is 2.36.